The Morgan fingerprint density at radius 2 is 1.81 bits per heavy atom. The van der Waals surface area contributed by atoms with Gasteiger partial charge in [0.25, 0.3) is 0 Å². The van der Waals surface area contributed by atoms with Crippen molar-refractivity contribution in [2.45, 2.75) is 52.5 Å². The largest absolute Gasteiger partial charge is 0.317 e. The zero-order chi connectivity index (χ0) is 15.1. The van der Waals surface area contributed by atoms with Crippen LogP contribution in [0.3, 0.4) is 0 Å². The van der Waals surface area contributed by atoms with E-state index in [9.17, 15) is 0 Å². The van der Waals surface area contributed by atoms with Gasteiger partial charge in [0.15, 0.2) is 0 Å². The van der Waals surface area contributed by atoms with Gasteiger partial charge in [-0.05, 0) is 63.7 Å². The van der Waals surface area contributed by atoms with Crippen molar-refractivity contribution in [1.82, 2.24) is 10.2 Å². The smallest absolute Gasteiger partial charge is 0.0345 e. The summed E-state index contributed by atoms with van der Waals surface area (Å²) in [5.74, 6) is 0.872. The van der Waals surface area contributed by atoms with Crippen LogP contribution in [0.25, 0.3) is 0 Å². The highest BCUT2D eigenvalue weighted by Crippen LogP contribution is 2.27. The number of nitrogens with one attached hydrogen (secondary N) is 1. The van der Waals surface area contributed by atoms with Gasteiger partial charge in [-0.15, -0.1) is 0 Å². The van der Waals surface area contributed by atoms with Crippen LogP contribution >= 0.6 is 0 Å². The lowest BCUT2D eigenvalue weighted by Crippen LogP contribution is -2.38. The van der Waals surface area contributed by atoms with Crippen molar-refractivity contribution in [1.29, 1.82) is 0 Å². The maximum Gasteiger partial charge on any atom is 0.0345 e. The molecule has 1 heterocycles. The number of hydrogen-bond donors (Lipinski definition) is 1. The van der Waals surface area contributed by atoms with Crippen LogP contribution in [0, 0.1) is 12.8 Å². The molecule has 1 saturated heterocycles. The van der Waals surface area contributed by atoms with Crippen LogP contribution in [0.1, 0.15) is 56.7 Å². The predicted octanol–water partition coefficient (Wildman–Crippen LogP) is 4.16. The Balaban J connectivity index is 2.07. The summed E-state index contributed by atoms with van der Waals surface area (Å²) in [7, 11) is 0. The minimum Gasteiger partial charge on any atom is -0.317 e. The number of piperidine rings is 1. The lowest BCUT2D eigenvalue weighted by Gasteiger charge is -2.35. The number of aryl methyl sites for hydroxylation is 1. The lowest BCUT2D eigenvalue weighted by molar-refractivity contribution is 0.148. The number of nitrogens with zero attached hydrogens (tertiary/aromatic N) is 1. The molecule has 0 amide bonds. The summed E-state index contributed by atoms with van der Waals surface area (Å²) < 4.78 is 0. The first kappa shape index (κ1) is 16.5. The number of benzene rings is 1. The molecule has 0 saturated carbocycles. The van der Waals surface area contributed by atoms with Gasteiger partial charge in [-0.25, -0.2) is 0 Å². The highest BCUT2D eigenvalue weighted by atomic mass is 15.2. The molecule has 21 heavy (non-hydrogen) atoms. The average molecular weight is 288 g/mol. The summed E-state index contributed by atoms with van der Waals surface area (Å²) in [6, 6.07) is 9.75. The van der Waals surface area contributed by atoms with Gasteiger partial charge in [-0.2, -0.15) is 0 Å². The first-order valence-electron chi connectivity index (χ1n) is 8.76. The summed E-state index contributed by atoms with van der Waals surface area (Å²) >= 11 is 0. The van der Waals surface area contributed by atoms with Gasteiger partial charge in [0.2, 0.25) is 0 Å². The summed E-state index contributed by atoms with van der Waals surface area (Å²) in [4.78, 5) is 2.74. The fourth-order valence-corrected chi connectivity index (χ4v) is 3.55. The Hall–Kier alpha value is -0.860. The molecule has 1 N–H and O–H groups in total. The van der Waals surface area contributed by atoms with Gasteiger partial charge in [-0.3, -0.25) is 4.90 Å². The third-order valence-corrected chi connectivity index (χ3v) is 4.75. The second-order valence-corrected chi connectivity index (χ2v) is 6.52. The zero-order valence-electron chi connectivity index (χ0n) is 14.1. The van der Waals surface area contributed by atoms with Gasteiger partial charge < -0.3 is 5.32 Å². The van der Waals surface area contributed by atoms with Crippen LogP contribution < -0.4 is 5.32 Å². The second-order valence-electron chi connectivity index (χ2n) is 6.52. The maximum absolute atomic E-state index is 3.48. The van der Waals surface area contributed by atoms with E-state index in [1.54, 1.807) is 0 Å². The molecule has 1 atom stereocenters. The Morgan fingerprint density at radius 1 is 1.14 bits per heavy atom. The van der Waals surface area contributed by atoms with E-state index in [-0.39, 0.29) is 0 Å². The molecule has 118 valence electrons. The van der Waals surface area contributed by atoms with Crippen LogP contribution in [-0.4, -0.2) is 31.1 Å². The standard InChI is InChI=1S/C19H32N2/c1-4-14-21(15-17-10-12-20-13-11-17)19(5-2)18-8-6-16(3)7-9-18/h6-9,17,19-20H,4-5,10-15H2,1-3H3. The van der Waals surface area contributed by atoms with E-state index in [2.05, 4.69) is 55.3 Å². The van der Waals surface area contributed by atoms with Crippen molar-refractivity contribution in [3.63, 3.8) is 0 Å². The molecule has 0 spiro atoms. The van der Waals surface area contributed by atoms with Gasteiger partial charge in [0, 0.05) is 12.6 Å². The molecule has 1 fully saturated rings. The van der Waals surface area contributed by atoms with E-state index in [0.29, 0.717) is 6.04 Å². The minimum absolute atomic E-state index is 0.584. The first-order chi connectivity index (χ1) is 10.2. The fourth-order valence-electron chi connectivity index (χ4n) is 3.55. The Bertz CT molecular complexity index is 393. The summed E-state index contributed by atoms with van der Waals surface area (Å²) in [5, 5.41) is 3.48. The van der Waals surface area contributed by atoms with Gasteiger partial charge >= 0.3 is 0 Å². The summed E-state index contributed by atoms with van der Waals surface area (Å²) in [6.45, 7) is 11.7. The summed E-state index contributed by atoms with van der Waals surface area (Å²) in [6.07, 6.45) is 5.12. The second kappa shape index (κ2) is 8.55. The van der Waals surface area contributed by atoms with Crippen LogP contribution in [0.4, 0.5) is 0 Å². The van der Waals surface area contributed by atoms with Gasteiger partial charge in [0.05, 0.1) is 0 Å². The molecule has 1 aliphatic heterocycles. The van der Waals surface area contributed by atoms with Crippen LogP contribution in [0.2, 0.25) is 0 Å². The highest BCUT2D eigenvalue weighted by molar-refractivity contribution is 5.24. The number of hydrogen-bond acceptors (Lipinski definition) is 2. The predicted molar refractivity (Wildman–Crippen MR) is 91.7 cm³/mol. The quantitative estimate of drug-likeness (QED) is 0.810. The molecule has 2 rings (SSSR count). The van der Waals surface area contributed by atoms with Crippen molar-refractivity contribution in [2.24, 2.45) is 5.92 Å². The minimum atomic E-state index is 0.584. The molecule has 0 bridgehead atoms. The maximum atomic E-state index is 3.48. The third kappa shape index (κ3) is 4.82. The van der Waals surface area contributed by atoms with Crippen molar-refractivity contribution in [3.8, 4) is 0 Å². The molecular formula is C19H32N2. The van der Waals surface area contributed by atoms with Gasteiger partial charge in [-0.1, -0.05) is 43.7 Å². The first-order valence-corrected chi connectivity index (χ1v) is 8.76. The molecule has 0 radical (unpaired) electrons. The zero-order valence-corrected chi connectivity index (χ0v) is 14.1. The molecular weight excluding hydrogens is 256 g/mol. The van der Waals surface area contributed by atoms with Crippen molar-refractivity contribution < 1.29 is 0 Å². The van der Waals surface area contributed by atoms with Gasteiger partial charge in [0.1, 0.15) is 0 Å². The normalized spacial score (nSPS) is 18.1. The molecule has 1 aliphatic rings. The van der Waals surface area contributed by atoms with Crippen molar-refractivity contribution in [2.75, 3.05) is 26.2 Å². The molecule has 0 aromatic heterocycles. The summed E-state index contributed by atoms with van der Waals surface area (Å²) in [5.41, 5.74) is 2.85. The Labute approximate surface area is 130 Å². The lowest BCUT2D eigenvalue weighted by atomic mass is 9.94. The van der Waals surface area contributed by atoms with Crippen molar-refractivity contribution in [3.05, 3.63) is 35.4 Å². The Morgan fingerprint density at radius 3 is 2.38 bits per heavy atom. The molecule has 1 aromatic rings. The van der Waals surface area contributed by atoms with Crippen LogP contribution in [-0.2, 0) is 0 Å². The monoisotopic (exact) mass is 288 g/mol. The SMILES string of the molecule is CCCN(CC1CCNCC1)C(CC)c1ccc(C)cc1. The van der Waals surface area contributed by atoms with E-state index in [0.717, 1.165) is 5.92 Å². The highest BCUT2D eigenvalue weighted by Gasteiger charge is 2.22. The molecule has 1 unspecified atom stereocenters. The van der Waals surface area contributed by atoms with E-state index in [1.165, 1.54) is 63.0 Å². The fraction of sp³-hybridized carbons (Fsp3) is 0.684. The van der Waals surface area contributed by atoms with Crippen LogP contribution in [0.5, 0.6) is 0 Å². The van der Waals surface area contributed by atoms with E-state index >= 15 is 0 Å². The Kier molecular flexibility index (Phi) is 6.72. The van der Waals surface area contributed by atoms with Crippen LogP contribution in [0.15, 0.2) is 24.3 Å². The third-order valence-electron chi connectivity index (χ3n) is 4.75. The van der Waals surface area contributed by atoms with E-state index < -0.39 is 0 Å². The molecule has 1 aromatic carbocycles. The molecule has 0 aliphatic carbocycles. The van der Waals surface area contributed by atoms with E-state index in [4.69, 9.17) is 0 Å². The average Bonchev–Trinajstić information content (AvgIpc) is 2.51. The number of rotatable bonds is 7. The molecule has 2 nitrogen and oxygen atoms in total. The van der Waals surface area contributed by atoms with E-state index in [1.807, 2.05) is 0 Å². The van der Waals surface area contributed by atoms with Crippen molar-refractivity contribution >= 4 is 0 Å². The molecule has 2 heteroatoms. The topological polar surface area (TPSA) is 15.3 Å².